The molecule has 6 nitrogen and oxygen atoms in total. The van der Waals surface area contributed by atoms with E-state index in [9.17, 15) is 9.59 Å². The molecule has 2 N–H and O–H groups in total. The highest BCUT2D eigenvalue weighted by Crippen LogP contribution is 2.13. The average molecular weight is 346 g/mol. The van der Waals surface area contributed by atoms with Crippen LogP contribution < -0.4 is 10.6 Å². The lowest BCUT2D eigenvalue weighted by molar-refractivity contribution is -0.117. The molecule has 0 spiro atoms. The average Bonchev–Trinajstić information content (AvgIpc) is 2.66. The van der Waals surface area contributed by atoms with E-state index in [1.807, 2.05) is 12.1 Å². The van der Waals surface area contributed by atoms with Crippen LogP contribution in [0.2, 0.25) is 0 Å². The van der Waals surface area contributed by atoms with Crippen molar-refractivity contribution in [1.82, 2.24) is 10.6 Å². The molecule has 1 aromatic rings. The number of carbonyl (C=O) groups is 2. The highest BCUT2D eigenvalue weighted by atomic mass is 16.2. The monoisotopic (exact) mass is 346 g/mol. The third kappa shape index (κ3) is 6.31. The normalized spacial score (nSPS) is 10.8. The van der Waals surface area contributed by atoms with E-state index in [1.54, 1.807) is 24.3 Å². The maximum absolute atomic E-state index is 11.9. The van der Waals surface area contributed by atoms with E-state index < -0.39 is 11.8 Å². The molecule has 0 saturated heterocycles. The van der Waals surface area contributed by atoms with Crippen LogP contribution in [0.15, 0.2) is 60.7 Å². The molecular formula is C20H18N4O2. The third-order valence-corrected chi connectivity index (χ3v) is 3.08. The zero-order valence-corrected chi connectivity index (χ0v) is 14.2. The summed E-state index contributed by atoms with van der Waals surface area (Å²) >= 11 is 0. The Morgan fingerprint density at radius 3 is 1.69 bits per heavy atom. The minimum absolute atomic E-state index is 0.0581. The molecule has 0 bridgehead atoms. The topological polar surface area (TPSA) is 106 Å². The van der Waals surface area contributed by atoms with Crippen LogP contribution >= 0.6 is 0 Å². The molecule has 0 aliphatic rings. The second-order valence-corrected chi connectivity index (χ2v) is 5.01. The molecule has 0 aliphatic heterocycles. The summed E-state index contributed by atoms with van der Waals surface area (Å²) in [5, 5.41) is 23.3. The van der Waals surface area contributed by atoms with E-state index in [0.29, 0.717) is 11.1 Å². The van der Waals surface area contributed by atoms with E-state index in [1.165, 1.54) is 24.3 Å². The van der Waals surface area contributed by atoms with Crippen molar-refractivity contribution in [2.75, 3.05) is 13.1 Å². The molecule has 26 heavy (non-hydrogen) atoms. The van der Waals surface area contributed by atoms with Gasteiger partial charge in [0.1, 0.15) is 23.3 Å². The minimum Gasteiger partial charge on any atom is -0.348 e. The van der Waals surface area contributed by atoms with Gasteiger partial charge < -0.3 is 10.6 Å². The molecule has 2 amide bonds. The molecule has 0 atom stereocenters. The number of nitrogens with zero attached hydrogens (tertiary/aromatic N) is 2. The van der Waals surface area contributed by atoms with Crippen LogP contribution in [0.5, 0.6) is 0 Å². The van der Waals surface area contributed by atoms with Crippen LogP contribution in [0, 0.1) is 22.7 Å². The summed E-state index contributed by atoms with van der Waals surface area (Å²) in [6.45, 7) is 7.50. The number of nitrogens with one attached hydrogen (secondary N) is 2. The van der Waals surface area contributed by atoms with Gasteiger partial charge in [0.05, 0.1) is 0 Å². The predicted molar refractivity (Wildman–Crippen MR) is 100 cm³/mol. The lowest BCUT2D eigenvalue weighted by atomic mass is 10.1. The van der Waals surface area contributed by atoms with Gasteiger partial charge in [0, 0.05) is 13.1 Å². The fraction of sp³-hybridized carbons (Fsp3) is 0.100. The lowest BCUT2D eigenvalue weighted by Gasteiger charge is -2.03. The second-order valence-electron chi connectivity index (χ2n) is 5.01. The number of hydrogen-bond acceptors (Lipinski definition) is 4. The number of rotatable bonds is 8. The van der Waals surface area contributed by atoms with Crippen molar-refractivity contribution in [2.24, 2.45) is 0 Å². The molecule has 0 unspecified atom stereocenters. The van der Waals surface area contributed by atoms with E-state index in [-0.39, 0.29) is 24.2 Å². The van der Waals surface area contributed by atoms with Gasteiger partial charge in [-0.3, -0.25) is 9.59 Å². The fourth-order valence-corrected chi connectivity index (χ4v) is 1.89. The van der Waals surface area contributed by atoms with Crippen molar-refractivity contribution in [3.8, 4) is 12.1 Å². The Morgan fingerprint density at radius 1 is 0.923 bits per heavy atom. The zero-order chi connectivity index (χ0) is 19.4. The lowest BCUT2D eigenvalue weighted by Crippen LogP contribution is -2.24. The van der Waals surface area contributed by atoms with Gasteiger partial charge >= 0.3 is 0 Å². The SMILES string of the molecule is C=CCNC(=O)/C(C#N)=C\c1cccc(/C=C(\C#N)C(=O)NCC=C)c1. The summed E-state index contributed by atoms with van der Waals surface area (Å²) in [6.07, 6.45) is 5.89. The number of carbonyl (C=O) groups excluding carboxylic acids is 2. The molecule has 0 aliphatic carbocycles. The van der Waals surface area contributed by atoms with Crippen LogP contribution in [0.25, 0.3) is 12.2 Å². The van der Waals surface area contributed by atoms with E-state index >= 15 is 0 Å². The van der Waals surface area contributed by atoms with Gasteiger partial charge in [-0.25, -0.2) is 0 Å². The smallest absolute Gasteiger partial charge is 0.262 e. The number of nitriles is 2. The van der Waals surface area contributed by atoms with Crippen molar-refractivity contribution in [2.45, 2.75) is 0 Å². The van der Waals surface area contributed by atoms with Crippen LogP contribution in [-0.4, -0.2) is 24.9 Å². The Bertz CT molecular complexity index is 784. The van der Waals surface area contributed by atoms with Gasteiger partial charge in [-0.2, -0.15) is 10.5 Å². The Labute approximate surface area is 152 Å². The van der Waals surface area contributed by atoms with Gasteiger partial charge in [0.25, 0.3) is 11.8 Å². The molecule has 0 saturated carbocycles. The Balaban J connectivity index is 3.10. The highest BCUT2D eigenvalue weighted by Gasteiger charge is 2.09. The second kappa shape index (κ2) is 10.8. The molecule has 130 valence electrons. The molecule has 1 rings (SSSR count). The molecule has 0 fully saturated rings. The third-order valence-electron chi connectivity index (χ3n) is 3.08. The Hall–Kier alpha value is -3.90. The minimum atomic E-state index is -0.505. The van der Waals surface area contributed by atoms with Gasteiger partial charge in [-0.05, 0) is 29.3 Å². The maximum atomic E-state index is 11.9. The maximum Gasteiger partial charge on any atom is 0.262 e. The summed E-state index contributed by atoms with van der Waals surface area (Å²) < 4.78 is 0. The Kier molecular flexibility index (Phi) is 8.36. The van der Waals surface area contributed by atoms with Gasteiger partial charge in [0.2, 0.25) is 0 Å². The van der Waals surface area contributed by atoms with Crippen molar-refractivity contribution in [3.05, 3.63) is 71.8 Å². The van der Waals surface area contributed by atoms with Crippen LogP contribution in [0.3, 0.4) is 0 Å². The first-order valence-corrected chi connectivity index (χ1v) is 7.67. The van der Waals surface area contributed by atoms with Crippen LogP contribution in [0.4, 0.5) is 0 Å². The van der Waals surface area contributed by atoms with Crippen molar-refractivity contribution >= 4 is 24.0 Å². The molecule has 6 heteroatoms. The van der Waals surface area contributed by atoms with Crippen molar-refractivity contribution < 1.29 is 9.59 Å². The summed E-state index contributed by atoms with van der Waals surface area (Å²) in [4.78, 5) is 23.7. The quantitative estimate of drug-likeness (QED) is 0.427. The van der Waals surface area contributed by atoms with Gasteiger partial charge in [-0.15, -0.1) is 13.2 Å². The van der Waals surface area contributed by atoms with Crippen LogP contribution in [-0.2, 0) is 9.59 Å². The van der Waals surface area contributed by atoms with Crippen molar-refractivity contribution in [1.29, 1.82) is 10.5 Å². The van der Waals surface area contributed by atoms with Gasteiger partial charge in [0.15, 0.2) is 0 Å². The van der Waals surface area contributed by atoms with E-state index in [4.69, 9.17) is 10.5 Å². The van der Waals surface area contributed by atoms with Gasteiger partial charge in [-0.1, -0.05) is 30.4 Å². The molecular weight excluding hydrogens is 328 g/mol. The zero-order valence-electron chi connectivity index (χ0n) is 14.2. The molecule has 0 radical (unpaired) electrons. The molecule has 0 aromatic heterocycles. The van der Waals surface area contributed by atoms with E-state index in [0.717, 1.165) is 0 Å². The van der Waals surface area contributed by atoms with Crippen molar-refractivity contribution in [3.63, 3.8) is 0 Å². The summed E-state index contributed by atoms with van der Waals surface area (Å²) in [5.74, 6) is -1.01. The largest absolute Gasteiger partial charge is 0.348 e. The molecule has 1 aromatic carbocycles. The number of benzene rings is 1. The predicted octanol–water partition coefficient (Wildman–Crippen LogP) is 2.10. The van der Waals surface area contributed by atoms with E-state index in [2.05, 4.69) is 23.8 Å². The fourth-order valence-electron chi connectivity index (χ4n) is 1.89. The molecule has 0 heterocycles. The number of amides is 2. The Morgan fingerprint density at radius 2 is 1.35 bits per heavy atom. The first-order valence-electron chi connectivity index (χ1n) is 7.67. The summed E-state index contributed by atoms with van der Waals surface area (Å²) in [7, 11) is 0. The summed E-state index contributed by atoms with van der Waals surface area (Å²) in [5.41, 5.74) is 1.06. The standard InChI is InChI=1S/C20H18N4O2/c1-3-8-23-19(25)17(13-21)11-15-6-5-7-16(10-15)12-18(14-22)20(26)24-9-4-2/h3-7,10-12H,1-2,8-9H2,(H,23,25)(H,24,26)/b17-11-,18-12+. The summed E-state index contributed by atoms with van der Waals surface area (Å²) in [6, 6.07) is 10.5. The highest BCUT2D eigenvalue weighted by molar-refractivity contribution is 6.02. The number of hydrogen-bond donors (Lipinski definition) is 2. The van der Waals surface area contributed by atoms with Crippen LogP contribution in [0.1, 0.15) is 11.1 Å². The first kappa shape index (κ1) is 20.1. The first-order chi connectivity index (χ1) is 12.5.